The number of hydrogen-bond donors (Lipinski definition) is 0. The largest absolute Gasteiger partial charge is 0.370 e. The standard InChI is InChI=1S/C16H30O2/c1-13(2,3)11-15(18-14(4,5)6)7-9-16(10-8-15)12-17-16/h7-12H2,1-6H3. The van der Waals surface area contributed by atoms with Crippen molar-refractivity contribution < 1.29 is 9.47 Å². The van der Waals surface area contributed by atoms with Crippen LogP contribution >= 0.6 is 0 Å². The Kier molecular flexibility index (Phi) is 3.35. The van der Waals surface area contributed by atoms with Crippen molar-refractivity contribution in [3.63, 3.8) is 0 Å². The summed E-state index contributed by atoms with van der Waals surface area (Å²) in [7, 11) is 0. The second-order valence-electron chi connectivity index (χ2n) is 8.61. The van der Waals surface area contributed by atoms with Gasteiger partial charge in [0, 0.05) is 0 Å². The minimum atomic E-state index is -0.0554. The molecule has 1 aliphatic carbocycles. The molecule has 2 fully saturated rings. The van der Waals surface area contributed by atoms with Gasteiger partial charge in [-0.3, -0.25) is 0 Å². The van der Waals surface area contributed by atoms with Gasteiger partial charge in [-0.25, -0.2) is 0 Å². The third-order valence-corrected chi connectivity index (χ3v) is 4.00. The Morgan fingerprint density at radius 2 is 1.44 bits per heavy atom. The van der Waals surface area contributed by atoms with E-state index in [2.05, 4.69) is 41.5 Å². The van der Waals surface area contributed by atoms with Crippen LogP contribution in [0.25, 0.3) is 0 Å². The van der Waals surface area contributed by atoms with Gasteiger partial charge in [0.2, 0.25) is 0 Å². The van der Waals surface area contributed by atoms with Crippen molar-refractivity contribution in [1.82, 2.24) is 0 Å². The lowest BCUT2D eigenvalue weighted by atomic mass is 9.71. The van der Waals surface area contributed by atoms with Crippen molar-refractivity contribution >= 4 is 0 Å². The molecule has 0 aromatic heterocycles. The first-order valence-electron chi connectivity index (χ1n) is 7.38. The molecule has 0 bridgehead atoms. The Hall–Kier alpha value is -0.0800. The van der Waals surface area contributed by atoms with Crippen molar-refractivity contribution in [2.75, 3.05) is 6.61 Å². The van der Waals surface area contributed by atoms with E-state index >= 15 is 0 Å². The second-order valence-corrected chi connectivity index (χ2v) is 8.61. The fraction of sp³-hybridized carbons (Fsp3) is 1.00. The van der Waals surface area contributed by atoms with Crippen molar-refractivity contribution in [2.24, 2.45) is 5.41 Å². The molecule has 2 nitrogen and oxygen atoms in total. The van der Waals surface area contributed by atoms with Crippen molar-refractivity contribution in [3.05, 3.63) is 0 Å². The van der Waals surface area contributed by atoms with Crippen LogP contribution < -0.4 is 0 Å². The molecule has 18 heavy (non-hydrogen) atoms. The Balaban J connectivity index is 2.07. The summed E-state index contributed by atoms with van der Waals surface area (Å²) in [6, 6.07) is 0. The van der Waals surface area contributed by atoms with Gasteiger partial charge in [-0.2, -0.15) is 0 Å². The zero-order valence-corrected chi connectivity index (χ0v) is 13.1. The van der Waals surface area contributed by atoms with Crippen LogP contribution in [0, 0.1) is 5.41 Å². The normalized spacial score (nSPS) is 37.0. The molecule has 0 aromatic rings. The molecule has 0 N–H and O–H groups in total. The molecule has 106 valence electrons. The number of rotatable bonds is 2. The van der Waals surface area contributed by atoms with E-state index in [1.807, 2.05) is 0 Å². The summed E-state index contributed by atoms with van der Waals surface area (Å²) < 4.78 is 12.1. The maximum atomic E-state index is 6.51. The molecule has 2 aliphatic rings. The number of ether oxygens (including phenoxy) is 2. The van der Waals surface area contributed by atoms with E-state index in [1.54, 1.807) is 0 Å². The van der Waals surface area contributed by atoms with Crippen LogP contribution in [0.5, 0.6) is 0 Å². The lowest BCUT2D eigenvalue weighted by molar-refractivity contribution is -0.168. The lowest BCUT2D eigenvalue weighted by Crippen LogP contribution is -2.46. The van der Waals surface area contributed by atoms with Crippen LogP contribution in [0.4, 0.5) is 0 Å². The highest BCUT2D eigenvalue weighted by molar-refractivity contribution is 5.03. The quantitative estimate of drug-likeness (QED) is 0.685. The Labute approximate surface area is 112 Å². The maximum Gasteiger partial charge on any atom is 0.0918 e. The van der Waals surface area contributed by atoms with Gasteiger partial charge in [-0.1, -0.05) is 20.8 Å². The summed E-state index contributed by atoms with van der Waals surface area (Å²) in [6.45, 7) is 14.5. The molecular formula is C16H30O2. The fourth-order valence-electron chi connectivity index (χ4n) is 3.48. The summed E-state index contributed by atoms with van der Waals surface area (Å²) in [6.07, 6.45) is 5.81. The molecule has 1 saturated heterocycles. The summed E-state index contributed by atoms with van der Waals surface area (Å²) in [4.78, 5) is 0. The molecule has 2 heteroatoms. The lowest BCUT2D eigenvalue weighted by Gasteiger charge is -2.46. The van der Waals surface area contributed by atoms with Gasteiger partial charge in [0.15, 0.2) is 0 Å². The highest BCUT2D eigenvalue weighted by Crippen LogP contribution is 2.50. The third-order valence-electron chi connectivity index (χ3n) is 4.00. The summed E-state index contributed by atoms with van der Waals surface area (Å²) in [5.41, 5.74) is 0.580. The van der Waals surface area contributed by atoms with E-state index in [9.17, 15) is 0 Å². The molecule has 1 spiro atoms. The van der Waals surface area contributed by atoms with Crippen molar-refractivity contribution in [1.29, 1.82) is 0 Å². The van der Waals surface area contributed by atoms with Crippen molar-refractivity contribution in [3.8, 4) is 0 Å². The number of epoxide rings is 1. The molecule has 1 saturated carbocycles. The molecule has 1 heterocycles. The first kappa shape index (κ1) is 14.3. The van der Waals surface area contributed by atoms with Gasteiger partial charge in [0.25, 0.3) is 0 Å². The fourth-order valence-corrected chi connectivity index (χ4v) is 3.48. The average molecular weight is 254 g/mol. The minimum absolute atomic E-state index is 0.0554. The number of hydrogen-bond acceptors (Lipinski definition) is 2. The molecular weight excluding hydrogens is 224 g/mol. The van der Waals surface area contributed by atoms with Crippen LogP contribution in [-0.4, -0.2) is 23.4 Å². The maximum absolute atomic E-state index is 6.51. The van der Waals surface area contributed by atoms with E-state index in [-0.39, 0.29) is 16.8 Å². The van der Waals surface area contributed by atoms with Crippen molar-refractivity contribution in [2.45, 2.75) is 90.4 Å². The predicted octanol–water partition coefficient (Wildman–Crippen LogP) is 4.32. The van der Waals surface area contributed by atoms with Gasteiger partial charge < -0.3 is 9.47 Å². The zero-order valence-electron chi connectivity index (χ0n) is 13.1. The van der Waals surface area contributed by atoms with Crippen LogP contribution in [-0.2, 0) is 9.47 Å². The first-order valence-corrected chi connectivity index (χ1v) is 7.38. The monoisotopic (exact) mass is 254 g/mol. The molecule has 0 unspecified atom stereocenters. The topological polar surface area (TPSA) is 21.8 Å². The predicted molar refractivity (Wildman–Crippen MR) is 74.8 cm³/mol. The Morgan fingerprint density at radius 1 is 0.944 bits per heavy atom. The highest BCUT2D eigenvalue weighted by atomic mass is 16.6. The third kappa shape index (κ3) is 3.71. The SMILES string of the molecule is CC(C)(C)CC1(OC(C)(C)C)CCC2(CC1)CO2. The van der Waals surface area contributed by atoms with Crippen LogP contribution in [0.3, 0.4) is 0 Å². The first-order chi connectivity index (χ1) is 8.04. The van der Waals surface area contributed by atoms with E-state index in [0.29, 0.717) is 5.41 Å². The van der Waals surface area contributed by atoms with E-state index in [1.165, 1.54) is 12.8 Å². The highest BCUT2D eigenvalue weighted by Gasteiger charge is 2.53. The zero-order chi connectivity index (χ0) is 13.7. The molecule has 1 aliphatic heterocycles. The molecule has 0 amide bonds. The molecule has 0 aromatic carbocycles. The Morgan fingerprint density at radius 3 is 1.78 bits per heavy atom. The molecule has 0 atom stereocenters. The Bertz CT molecular complexity index is 274. The summed E-state index contributed by atoms with van der Waals surface area (Å²) >= 11 is 0. The summed E-state index contributed by atoms with van der Waals surface area (Å²) in [5, 5.41) is 0. The van der Waals surface area contributed by atoms with Gasteiger partial charge >= 0.3 is 0 Å². The van der Waals surface area contributed by atoms with Gasteiger partial charge in [0.05, 0.1) is 23.4 Å². The van der Waals surface area contributed by atoms with E-state index < -0.39 is 0 Å². The van der Waals surface area contributed by atoms with E-state index in [4.69, 9.17) is 9.47 Å². The van der Waals surface area contributed by atoms with E-state index in [0.717, 1.165) is 25.9 Å². The van der Waals surface area contributed by atoms with Gasteiger partial charge in [-0.15, -0.1) is 0 Å². The summed E-state index contributed by atoms with van der Waals surface area (Å²) in [5.74, 6) is 0. The minimum Gasteiger partial charge on any atom is -0.370 e. The molecule has 0 radical (unpaired) electrons. The van der Waals surface area contributed by atoms with Gasteiger partial charge in [-0.05, 0) is 58.3 Å². The second kappa shape index (κ2) is 4.21. The van der Waals surface area contributed by atoms with Crippen LogP contribution in [0.2, 0.25) is 0 Å². The van der Waals surface area contributed by atoms with Gasteiger partial charge in [0.1, 0.15) is 0 Å². The molecule has 2 rings (SSSR count). The van der Waals surface area contributed by atoms with Crippen LogP contribution in [0.15, 0.2) is 0 Å². The van der Waals surface area contributed by atoms with Crippen LogP contribution in [0.1, 0.15) is 73.6 Å². The smallest absolute Gasteiger partial charge is 0.0918 e. The average Bonchev–Trinajstić information content (AvgIpc) is 2.86.